The number of aromatic nitrogens is 2. The fraction of sp³-hybridized carbons (Fsp3) is 0.375. The van der Waals surface area contributed by atoms with Crippen LogP contribution in [0.3, 0.4) is 0 Å². The van der Waals surface area contributed by atoms with Gasteiger partial charge >= 0.3 is 11.4 Å². The Morgan fingerprint density at radius 2 is 1.57 bits per heavy atom. The van der Waals surface area contributed by atoms with E-state index in [0.717, 1.165) is 12.8 Å². The third-order valence-electron chi connectivity index (χ3n) is 3.31. The highest BCUT2D eigenvalue weighted by Gasteiger charge is 2.13. The molecule has 0 aliphatic rings. The van der Waals surface area contributed by atoms with Gasteiger partial charge in [-0.3, -0.25) is 20.2 Å². The Balaban J connectivity index is 0.000000307. The summed E-state index contributed by atoms with van der Waals surface area (Å²) in [6.07, 6.45) is 2.00. The predicted octanol–water partition coefficient (Wildman–Crippen LogP) is 3.61. The highest BCUT2D eigenvalue weighted by molar-refractivity contribution is 6.29. The summed E-state index contributed by atoms with van der Waals surface area (Å²) in [5, 5.41) is 20.8. The number of rotatable bonds is 7. The first-order valence-corrected chi connectivity index (χ1v) is 8.59. The van der Waals surface area contributed by atoms with Crippen molar-refractivity contribution in [3.63, 3.8) is 0 Å². The number of anilines is 2. The molecule has 0 aliphatic carbocycles. The molecule has 0 atom stereocenters. The third-order valence-corrected chi connectivity index (χ3v) is 3.52. The van der Waals surface area contributed by atoms with Gasteiger partial charge in [-0.25, -0.2) is 4.98 Å². The molecule has 0 saturated carbocycles. The number of pyridine rings is 2. The molecule has 28 heavy (non-hydrogen) atoms. The van der Waals surface area contributed by atoms with Gasteiger partial charge in [0.15, 0.2) is 0 Å². The van der Waals surface area contributed by atoms with Crippen LogP contribution >= 0.6 is 11.6 Å². The van der Waals surface area contributed by atoms with E-state index < -0.39 is 9.85 Å². The van der Waals surface area contributed by atoms with Crippen molar-refractivity contribution in [2.45, 2.75) is 26.7 Å². The van der Waals surface area contributed by atoms with E-state index in [1.165, 1.54) is 24.3 Å². The topological polar surface area (TPSA) is 173 Å². The van der Waals surface area contributed by atoms with Gasteiger partial charge in [-0.05, 0) is 24.8 Å². The second-order valence-electron chi connectivity index (χ2n) is 5.99. The number of nitrogens with two attached hydrogens (primary N) is 2. The van der Waals surface area contributed by atoms with Crippen molar-refractivity contribution in [2.75, 3.05) is 18.1 Å². The van der Waals surface area contributed by atoms with Crippen LogP contribution in [0.5, 0.6) is 5.88 Å². The van der Waals surface area contributed by atoms with Crippen LogP contribution in [-0.2, 0) is 0 Å². The zero-order chi connectivity index (χ0) is 21.3. The van der Waals surface area contributed by atoms with E-state index in [1.807, 2.05) is 0 Å². The van der Waals surface area contributed by atoms with Crippen LogP contribution in [0.2, 0.25) is 5.15 Å². The van der Waals surface area contributed by atoms with Crippen LogP contribution in [0.15, 0.2) is 24.3 Å². The zero-order valence-corrected chi connectivity index (χ0v) is 16.1. The van der Waals surface area contributed by atoms with Gasteiger partial charge < -0.3 is 16.2 Å². The molecule has 0 radical (unpaired) electrons. The molecular weight excluding hydrogens is 392 g/mol. The Morgan fingerprint density at radius 3 is 2.04 bits per heavy atom. The first-order valence-electron chi connectivity index (χ1n) is 8.22. The van der Waals surface area contributed by atoms with Crippen molar-refractivity contribution in [3.8, 4) is 5.88 Å². The highest BCUT2D eigenvalue weighted by Crippen LogP contribution is 2.22. The maximum absolute atomic E-state index is 10.5. The van der Waals surface area contributed by atoms with Crippen molar-refractivity contribution in [3.05, 3.63) is 49.6 Å². The average molecular weight is 413 g/mol. The summed E-state index contributed by atoms with van der Waals surface area (Å²) in [5.74, 6) is 0.684. The minimum atomic E-state index is -0.612. The molecule has 11 nitrogen and oxygen atoms in total. The Kier molecular flexibility index (Phi) is 8.82. The maximum Gasteiger partial charge on any atom is 0.311 e. The molecule has 2 aromatic rings. The van der Waals surface area contributed by atoms with Crippen molar-refractivity contribution in [1.82, 2.24) is 9.97 Å². The number of hydrogen-bond donors (Lipinski definition) is 2. The number of hydrogen-bond acceptors (Lipinski definition) is 9. The van der Waals surface area contributed by atoms with Crippen molar-refractivity contribution in [2.24, 2.45) is 5.92 Å². The van der Waals surface area contributed by atoms with E-state index >= 15 is 0 Å². The molecule has 0 amide bonds. The fourth-order valence-corrected chi connectivity index (χ4v) is 2.10. The molecule has 152 valence electrons. The molecule has 0 bridgehead atoms. The average Bonchev–Trinajstić information content (AvgIpc) is 2.58. The van der Waals surface area contributed by atoms with Gasteiger partial charge in [0.25, 0.3) is 0 Å². The Bertz CT molecular complexity index is 833. The molecule has 2 aromatic heterocycles. The van der Waals surface area contributed by atoms with Crippen LogP contribution in [0.4, 0.5) is 23.0 Å². The highest BCUT2D eigenvalue weighted by atomic mass is 35.5. The summed E-state index contributed by atoms with van der Waals surface area (Å²) in [6.45, 7) is 4.83. The molecule has 2 heterocycles. The standard InChI is InChI=1S/C11H17N3O3.C5H4ClN3O2/c1-8(2)4-3-7-17-10-6-5-9(14(15)16)11(12)13-10;6-4-2-1-3(9(10)11)5(7)8-4/h5-6,8H,3-4,7H2,1-2H3,(H2,12,13);1-2H,(H2,7,8). The monoisotopic (exact) mass is 412 g/mol. The smallest absolute Gasteiger partial charge is 0.311 e. The van der Waals surface area contributed by atoms with E-state index in [4.69, 9.17) is 27.8 Å². The molecule has 0 unspecified atom stereocenters. The summed E-state index contributed by atoms with van der Waals surface area (Å²) < 4.78 is 5.36. The van der Waals surface area contributed by atoms with Gasteiger partial charge in [0.05, 0.1) is 16.5 Å². The van der Waals surface area contributed by atoms with Crippen LogP contribution in [0, 0.1) is 26.1 Å². The van der Waals surface area contributed by atoms with E-state index in [-0.39, 0.29) is 28.2 Å². The lowest BCUT2D eigenvalue weighted by Crippen LogP contribution is -2.04. The van der Waals surface area contributed by atoms with Gasteiger partial charge in [0.1, 0.15) is 5.15 Å². The molecular formula is C16H21ClN6O5. The fourth-order valence-electron chi connectivity index (χ4n) is 1.95. The minimum absolute atomic E-state index is 0.114. The summed E-state index contributed by atoms with van der Waals surface area (Å²) in [6, 6.07) is 5.30. The first-order chi connectivity index (χ1) is 13.1. The quantitative estimate of drug-likeness (QED) is 0.297. The molecule has 0 aliphatic heterocycles. The molecule has 0 aromatic carbocycles. The van der Waals surface area contributed by atoms with Crippen molar-refractivity contribution >= 4 is 34.6 Å². The Morgan fingerprint density at radius 1 is 1.04 bits per heavy atom. The SMILES string of the molecule is CC(C)CCCOc1ccc([N+](=O)[O-])c(N)n1.Nc1nc(Cl)ccc1[N+](=O)[O-]. The van der Waals surface area contributed by atoms with E-state index in [2.05, 4.69) is 23.8 Å². The van der Waals surface area contributed by atoms with Crippen LogP contribution < -0.4 is 16.2 Å². The number of halogens is 1. The van der Waals surface area contributed by atoms with E-state index in [0.29, 0.717) is 18.4 Å². The number of nitrogens with zero attached hydrogens (tertiary/aromatic N) is 4. The van der Waals surface area contributed by atoms with Gasteiger partial charge in [-0.2, -0.15) is 4.98 Å². The molecule has 0 saturated heterocycles. The van der Waals surface area contributed by atoms with Crippen molar-refractivity contribution in [1.29, 1.82) is 0 Å². The van der Waals surface area contributed by atoms with Gasteiger partial charge in [0, 0.05) is 18.2 Å². The van der Waals surface area contributed by atoms with Crippen LogP contribution in [-0.4, -0.2) is 26.4 Å². The summed E-state index contributed by atoms with van der Waals surface area (Å²) in [7, 11) is 0. The van der Waals surface area contributed by atoms with Gasteiger partial charge in [0.2, 0.25) is 17.5 Å². The van der Waals surface area contributed by atoms with Gasteiger partial charge in [-0.15, -0.1) is 0 Å². The predicted molar refractivity (Wildman–Crippen MR) is 105 cm³/mol. The summed E-state index contributed by atoms with van der Waals surface area (Å²) in [4.78, 5) is 26.8. The number of ether oxygens (including phenoxy) is 1. The second-order valence-corrected chi connectivity index (χ2v) is 6.38. The van der Waals surface area contributed by atoms with E-state index in [9.17, 15) is 20.2 Å². The minimum Gasteiger partial charge on any atom is -0.478 e. The van der Waals surface area contributed by atoms with Crippen molar-refractivity contribution < 1.29 is 14.6 Å². The third kappa shape index (κ3) is 7.58. The molecule has 12 heteroatoms. The molecule has 0 fully saturated rings. The molecule has 4 N–H and O–H groups in total. The number of nitrogen functional groups attached to an aromatic ring is 2. The van der Waals surface area contributed by atoms with Gasteiger partial charge in [-0.1, -0.05) is 25.4 Å². The van der Waals surface area contributed by atoms with E-state index in [1.54, 1.807) is 0 Å². The Hall–Kier alpha value is -3.21. The summed E-state index contributed by atoms with van der Waals surface area (Å²) in [5.41, 5.74) is 10.2. The van der Waals surface area contributed by atoms with Crippen LogP contribution in [0.25, 0.3) is 0 Å². The van der Waals surface area contributed by atoms with Crippen LogP contribution in [0.1, 0.15) is 26.7 Å². The lowest BCUT2D eigenvalue weighted by Gasteiger charge is -2.07. The number of nitro groups is 2. The Labute approximate surface area is 166 Å². The molecule has 2 rings (SSSR count). The summed E-state index contributed by atoms with van der Waals surface area (Å²) >= 11 is 5.41. The second kappa shape index (κ2) is 10.8. The maximum atomic E-state index is 10.5. The first kappa shape index (κ1) is 22.8. The zero-order valence-electron chi connectivity index (χ0n) is 15.4. The molecule has 0 spiro atoms. The normalized spacial score (nSPS) is 10.1. The lowest BCUT2D eigenvalue weighted by molar-refractivity contribution is -0.384. The largest absolute Gasteiger partial charge is 0.478 e. The lowest BCUT2D eigenvalue weighted by atomic mass is 10.1.